The zero-order valence-corrected chi connectivity index (χ0v) is 18.1. The molecule has 0 radical (unpaired) electrons. The minimum Gasteiger partial charge on any atom is -0.493 e. The lowest BCUT2D eigenvalue weighted by Crippen LogP contribution is -2.12. The average molecular weight is 437 g/mol. The van der Waals surface area contributed by atoms with Crippen molar-refractivity contribution in [3.63, 3.8) is 0 Å². The van der Waals surface area contributed by atoms with E-state index < -0.39 is 0 Å². The molecule has 4 aromatic rings. The Labute approximate surface area is 184 Å². The molecule has 1 heterocycles. The lowest BCUT2D eigenvalue weighted by Gasteiger charge is -2.09. The summed E-state index contributed by atoms with van der Waals surface area (Å²) in [4.78, 5) is 16.9. The van der Waals surface area contributed by atoms with Crippen LogP contribution in [0.4, 0.5) is 5.13 Å². The van der Waals surface area contributed by atoms with Gasteiger partial charge in [0.1, 0.15) is 5.75 Å². The molecule has 0 saturated heterocycles. The Morgan fingerprint density at radius 3 is 2.83 bits per heavy atom. The van der Waals surface area contributed by atoms with Gasteiger partial charge in [-0.3, -0.25) is 4.79 Å². The molecule has 1 N–H and O–H groups in total. The summed E-state index contributed by atoms with van der Waals surface area (Å²) in [6.07, 6.45) is 0.991. The highest BCUT2D eigenvalue weighted by molar-refractivity contribution is 7.14. The molecule has 1 amide bonds. The van der Waals surface area contributed by atoms with Crippen LogP contribution in [0.2, 0.25) is 5.02 Å². The molecule has 4 rings (SSSR count). The number of carbonyl (C=O) groups is 1. The van der Waals surface area contributed by atoms with E-state index in [2.05, 4.69) is 34.6 Å². The quantitative estimate of drug-likeness (QED) is 0.327. The van der Waals surface area contributed by atoms with Crippen LogP contribution in [0, 0.1) is 6.92 Å². The highest BCUT2D eigenvalue weighted by atomic mass is 35.5. The van der Waals surface area contributed by atoms with E-state index in [4.69, 9.17) is 16.3 Å². The number of aromatic nitrogens is 1. The van der Waals surface area contributed by atoms with Gasteiger partial charge in [-0.25, -0.2) is 4.98 Å². The first-order valence-corrected chi connectivity index (χ1v) is 11.0. The number of anilines is 1. The monoisotopic (exact) mass is 436 g/mol. The van der Waals surface area contributed by atoms with Crippen molar-refractivity contribution in [2.75, 3.05) is 11.9 Å². The maximum Gasteiger partial charge on any atom is 0.226 e. The lowest BCUT2D eigenvalue weighted by molar-refractivity contribution is -0.116. The summed E-state index contributed by atoms with van der Waals surface area (Å²) in [6.45, 7) is 2.42. The smallest absolute Gasteiger partial charge is 0.226 e. The third kappa shape index (κ3) is 4.81. The summed E-state index contributed by atoms with van der Waals surface area (Å²) >= 11 is 7.39. The molecule has 0 aliphatic carbocycles. The van der Waals surface area contributed by atoms with Crippen LogP contribution in [0.25, 0.3) is 22.0 Å². The van der Waals surface area contributed by atoms with Crippen LogP contribution in [0.1, 0.15) is 18.4 Å². The van der Waals surface area contributed by atoms with Crippen LogP contribution in [0.15, 0.2) is 66.0 Å². The third-order valence-electron chi connectivity index (χ3n) is 4.76. The minimum atomic E-state index is -0.0646. The van der Waals surface area contributed by atoms with Crippen LogP contribution in [0.3, 0.4) is 0 Å². The normalized spacial score (nSPS) is 10.9. The Morgan fingerprint density at radius 1 is 1.13 bits per heavy atom. The predicted octanol–water partition coefficient (Wildman–Crippen LogP) is 6.72. The summed E-state index contributed by atoms with van der Waals surface area (Å²) in [5.74, 6) is 0.727. The van der Waals surface area contributed by atoms with Crippen molar-refractivity contribution in [3.05, 3.63) is 76.6 Å². The second-order valence-electron chi connectivity index (χ2n) is 6.97. The number of carbonyl (C=O) groups excluding carboxylic acids is 1. The fourth-order valence-electron chi connectivity index (χ4n) is 3.28. The molecule has 3 aromatic carbocycles. The van der Waals surface area contributed by atoms with Crippen molar-refractivity contribution in [3.8, 4) is 17.0 Å². The van der Waals surface area contributed by atoms with Gasteiger partial charge in [-0.05, 0) is 47.9 Å². The number of rotatable bonds is 7. The largest absolute Gasteiger partial charge is 0.493 e. The Hall–Kier alpha value is -2.89. The second-order valence-corrected chi connectivity index (χ2v) is 8.27. The molecule has 30 heavy (non-hydrogen) atoms. The van der Waals surface area contributed by atoms with E-state index in [1.54, 1.807) is 6.07 Å². The molecule has 1 aromatic heterocycles. The Morgan fingerprint density at radius 2 is 1.97 bits per heavy atom. The summed E-state index contributed by atoms with van der Waals surface area (Å²) in [6, 6.07) is 19.9. The minimum absolute atomic E-state index is 0.0646. The number of aryl methyl sites for hydroxylation is 1. The van der Waals surface area contributed by atoms with Crippen LogP contribution in [-0.2, 0) is 4.79 Å². The molecule has 0 aliphatic heterocycles. The number of hydrogen-bond donors (Lipinski definition) is 1. The van der Waals surface area contributed by atoms with E-state index >= 15 is 0 Å². The van der Waals surface area contributed by atoms with Gasteiger partial charge in [0.25, 0.3) is 0 Å². The van der Waals surface area contributed by atoms with Gasteiger partial charge in [0.15, 0.2) is 5.13 Å². The van der Waals surface area contributed by atoms with Crippen LogP contribution in [0.5, 0.6) is 5.75 Å². The van der Waals surface area contributed by atoms with Crippen molar-refractivity contribution in [2.24, 2.45) is 0 Å². The van der Waals surface area contributed by atoms with Gasteiger partial charge in [0, 0.05) is 22.4 Å². The summed E-state index contributed by atoms with van der Waals surface area (Å²) < 4.78 is 5.74. The SMILES string of the molecule is Cc1cc(Cl)ccc1OCCCC(=O)Nc1nc(-c2cccc3ccccc23)cs1. The van der Waals surface area contributed by atoms with E-state index in [1.807, 2.05) is 42.6 Å². The molecule has 0 bridgehead atoms. The number of hydrogen-bond acceptors (Lipinski definition) is 4. The molecular formula is C24H21ClN2O2S. The number of thiazole rings is 1. The average Bonchev–Trinajstić information content (AvgIpc) is 3.20. The third-order valence-corrected chi connectivity index (χ3v) is 5.75. The van der Waals surface area contributed by atoms with Crippen LogP contribution < -0.4 is 10.1 Å². The fourth-order valence-corrected chi connectivity index (χ4v) is 4.23. The zero-order chi connectivity index (χ0) is 20.9. The van der Waals surface area contributed by atoms with Gasteiger partial charge >= 0.3 is 0 Å². The molecule has 0 aliphatic rings. The number of fused-ring (bicyclic) bond motifs is 1. The van der Waals surface area contributed by atoms with Crippen LogP contribution in [-0.4, -0.2) is 17.5 Å². The first-order chi connectivity index (χ1) is 14.6. The van der Waals surface area contributed by atoms with Gasteiger partial charge in [-0.1, -0.05) is 54.1 Å². The van der Waals surface area contributed by atoms with E-state index in [9.17, 15) is 4.79 Å². The Kier molecular flexibility index (Phi) is 6.31. The standard InChI is InChI=1S/C24H21ClN2O2S/c1-16-14-18(25)11-12-22(16)29-13-5-10-23(28)27-24-26-21(15-30-24)20-9-4-7-17-6-2-3-8-19(17)20/h2-4,6-9,11-12,14-15H,5,10,13H2,1H3,(H,26,27,28). The molecule has 0 unspecified atom stereocenters. The number of ether oxygens (including phenoxy) is 1. The first kappa shape index (κ1) is 20.4. The molecular weight excluding hydrogens is 416 g/mol. The van der Waals surface area contributed by atoms with Gasteiger partial charge in [0.2, 0.25) is 5.91 Å². The maximum atomic E-state index is 12.3. The number of nitrogens with zero attached hydrogens (tertiary/aromatic N) is 1. The number of nitrogens with one attached hydrogen (secondary N) is 1. The molecule has 0 atom stereocenters. The Bertz CT molecular complexity index is 1180. The van der Waals surface area contributed by atoms with Gasteiger partial charge in [-0.2, -0.15) is 0 Å². The highest BCUT2D eigenvalue weighted by Gasteiger charge is 2.10. The maximum absolute atomic E-state index is 12.3. The predicted molar refractivity (Wildman–Crippen MR) is 125 cm³/mol. The molecule has 4 nitrogen and oxygen atoms in total. The number of halogens is 1. The number of benzene rings is 3. The van der Waals surface area contributed by atoms with Gasteiger partial charge in [0.05, 0.1) is 12.3 Å². The van der Waals surface area contributed by atoms with Crippen molar-refractivity contribution in [1.29, 1.82) is 0 Å². The zero-order valence-electron chi connectivity index (χ0n) is 16.5. The fraction of sp³-hybridized carbons (Fsp3) is 0.167. The molecule has 0 saturated carbocycles. The van der Waals surface area contributed by atoms with Crippen molar-refractivity contribution in [1.82, 2.24) is 4.98 Å². The van der Waals surface area contributed by atoms with Gasteiger partial charge in [-0.15, -0.1) is 11.3 Å². The van der Waals surface area contributed by atoms with Gasteiger partial charge < -0.3 is 10.1 Å². The van der Waals surface area contributed by atoms with Crippen molar-refractivity contribution < 1.29 is 9.53 Å². The van der Waals surface area contributed by atoms with Crippen molar-refractivity contribution in [2.45, 2.75) is 19.8 Å². The van der Waals surface area contributed by atoms with Crippen LogP contribution >= 0.6 is 22.9 Å². The topological polar surface area (TPSA) is 51.2 Å². The van der Waals surface area contributed by atoms with E-state index in [1.165, 1.54) is 16.7 Å². The van der Waals surface area contributed by atoms with E-state index in [-0.39, 0.29) is 5.91 Å². The molecule has 0 fully saturated rings. The van der Waals surface area contributed by atoms with E-state index in [0.29, 0.717) is 29.6 Å². The van der Waals surface area contributed by atoms with E-state index in [0.717, 1.165) is 28.0 Å². The Balaban J connectivity index is 1.32. The number of amides is 1. The van der Waals surface area contributed by atoms with Crippen molar-refractivity contribution >= 4 is 44.7 Å². The lowest BCUT2D eigenvalue weighted by atomic mass is 10.0. The second kappa shape index (κ2) is 9.28. The highest BCUT2D eigenvalue weighted by Crippen LogP contribution is 2.31. The summed E-state index contributed by atoms with van der Waals surface area (Å²) in [7, 11) is 0. The molecule has 0 spiro atoms. The first-order valence-electron chi connectivity index (χ1n) is 9.72. The molecule has 6 heteroatoms. The molecule has 152 valence electrons. The summed E-state index contributed by atoms with van der Waals surface area (Å²) in [5, 5.41) is 8.49. The summed E-state index contributed by atoms with van der Waals surface area (Å²) in [5.41, 5.74) is 2.92.